The molecule has 0 saturated carbocycles. The molecular weight excluding hydrogens is 480 g/mol. The molecule has 0 heterocycles. The van der Waals surface area contributed by atoms with E-state index in [-0.39, 0.29) is 19.2 Å². The number of ether oxygens (including phenoxy) is 10. The van der Waals surface area contributed by atoms with Gasteiger partial charge in [-0.05, 0) is 6.92 Å². The summed E-state index contributed by atoms with van der Waals surface area (Å²) in [4.78, 5) is 21.7. The molecule has 0 aliphatic heterocycles. The molecule has 0 N–H and O–H groups in total. The lowest BCUT2D eigenvalue weighted by atomic mass is 10.4. The van der Waals surface area contributed by atoms with Crippen molar-refractivity contribution >= 4 is 11.9 Å². The maximum absolute atomic E-state index is 11.1. The van der Waals surface area contributed by atoms with Crippen molar-refractivity contribution in [2.24, 2.45) is 0 Å². The largest absolute Gasteiger partial charge is 0.463 e. The minimum absolute atomic E-state index is 0.198. The van der Waals surface area contributed by atoms with Gasteiger partial charge in [-0.15, -0.1) is 0 Å². The first kappa shape index (κ1) is 34.4. The highest BCUT2D eigenvalue weighted by molar-refractivity contribution is 5.86. The fourth-order valence-electron chi connectivity index (χ4n) is 2.20. The normalized spacial score (nSPS) is 10.9. The molecule has 0 bridgehead atoms. The summed E-state index contributed by atoms with van der Waals surface area (Å²) in [5.74, 6) is -0.729. The van der Waals surface area contributed by atoms with Crippen LogP contribution < -0.4 is 0 Å². The van der Waals surface area contributed by atoms with E-state index >= 15 is 0 Å². The summed E-state index contributed by atoms with van der Waals surface area (Å²) < 4.78 is 52.5. The molecule has 12 heteroatoms. The van der Waals surface area contributed by atoms with Crippen LogP contribution >= 0.6 is 0 Å². The molecule has 0 aromatic carbocycles. The molecule has 0 atom stereocenters. The van der Waals surface area contributed by atoms with Crippen molar-refractivity contribution in [3.8, 4) is 0 Å². The average molecular weight is 525 g/mol. The van der Waals surface area contributed by atoms with Gasteiger partial charge in [-0.25, -0.2) is 4.79 Å². The molecule has 0 aromatic rings. The number of carbonyl (C=O) groups is 2. The van der Waals surface area contributed by atoms with Crippen LogP contribution in [0.5, 0.6) is 0 Å². The molecule has 0 aliphatic carbocycles. The first-order valence-electron chi connectivity index (χ1n) is 12.1. The number of rotatable bonds is 28. The van der Waals surface area contributed by atoms with E-state index in [4.69, 9.17) is 47.4 Å². The van der Waals surface area contributed by atoms with Crippen LogP contribution in [-0.2, 0) is 57.0 Å². The van der Waals surface area contributed by atoms with Gasteiger partial charge in [0.05, 0.1) is 106 Å². The van der Waals surface area contributed by atoms with Crippen LogP contribution in [0.15, 0.2) is 12.2 Å². The average Bonchev–Trinajstić information content (AvgIpc) is 2.85. The smallest absolute Gasteiger partial charge is 0.333 e. The lowest BCUT2D eigenvalue weighted by molar-refractivity contribution is -0.143. The second-order valence-electron chi connectivity index (χ2n) is 7.16. The summed E-state index contributed by atoms with van der Waals surface area (Å²) in [5.41, 5.74) is 0.368. The second kappa shape index (κ2) is 27.9. The van der Waals surface area contributed by atoms with Crippen LogP contribution in [0.25, 0.3) is 0 Å². The SMILES string of the molecule is C=C(C)C(=O)OCCOCCOCCOCCOCCOCCOCCOCCOCCOC(C)=O. The molecule has 36 heavy (non-hydrogen) atoms. The van der Waals surface area contributed by atoms with E-state index in [1.165, 1.54) is 6.92 Å². The van der Waals surface area contributed by atoms with Gasteiger partial charge in [0.1, 0.15) is 13.2 Å². The predicted octanol–water partition coefficient (Wildman–Crippen LogP) is 0.802. The molecule has 0 rings (SSSR count). The standard InChI is InChI=1S/C24H44O12/c1-22(2)24(26)36-21-19-34-17-15-32-13-11-30-9-7-28-5-4-27-6-8-29-10-12-31-14-16-33-18-20-35-23(3)25/h1,4-21H2,2-3H3. The summed E-state index contributed by atoms with van der Waals surface area (Å²) in [7, 11) is 0. The molecular formula is C24H44O12. The van der Waals surface area contributed by atoms with Gasteiger partial charge in [-0.1, -0.05) is 6.58 Å². The van der Waals surface area contributed by atoms with Crippen molar-refractivity contribution in [3.63, 3.8) is 0 Å². The lowest BCUT2D eigenvalue weighted by Crippen LogP contribution is -2.15. The zero-order valence-corrected chi connectivity index (χ0v) is 21.8. The zero-order chi connectivity index (χ0) is 26.5. The topological polar surface area (TPSA) is 126 Å². The first-order valence-corrected chi connectivity index (χ1v) is 12.1. The van der Waals surface area contributed by atoms with Crippen LogP contribution in [0.2, 0.25) is 0 Å². The van der Waals surface area contributed by atoms with Crippen molar-refractivity contribution in [2.45, 2.75) is 13.8 Å². The molecule has 0 aromatic heterocycles. The number of hydrogen-bond donors (Lipinski definition) is 0. The Morgan fingerprint density at radius 1 is 0.417 bits per heavy atom. The van der Waals surface area contributed by atoms with E-state index in [0.29, 0.717) is 111 Å². The van der Waals surface area contributed by atoms with E-state index < -0.39 is 5.97 Å². The molecule has 0 spiro atoms. The second-order valence-corrected chi connectivity index (χ2v) is 7.16. The first-order chi connectivity index (χ1) is 17.5. The summed E-state index contributed by atoms with van der Waals surface area (Å²) in [5, 5.41) is 0. The molecule has 212 valence electrons. The van der Waals surface area contributed by atoms with E-state index in [1.54, 1.807) is 6.92 Å². The van der Waals surface area contributed by atoms with E-state index in [0.717, 1.165) is 0 Å². The maximum Gasteiger partial charge on any atom is 0.333 e. The summed E-state index contributed by atoms with van der Waals surface area (Å²) in [6, 6.07) is 0. The Bertz CT molecular complexity index is 529. The predicted molar refractivity (Wildman–Crippen MR) is 129 cm³/mol. The fraction of sp³-hybridized carbons (Fsp3) is 0.833. The Morgan fingerprint density at radius 2 is 0.639 bits per heavy atom. The Balaban J connectivity index is 3.07. The highest BCUT2D eigenvalue weighted by atomic mass is 16.6. The van der Waals surface area contributed by atoms with Gasteiger partial charge < -0.3 is 47.4 Å². The Hall–Kier alpha value is -1.64. The Labute approximate surface area is 214 Å². The number of hydrogen-bond acceptors (Lipinski definition) is 12. The van der Waals surface area contributed by atoms with Gasteiger partial charge in [0.25, 0.3) is 0 Å². The van der Waals surface area contributed by atoms with Gasteiger partial charge in [0.2, 0.25) is 0 Å². The van der Waals surface area contributed by atoms with Crippen molar-refractivity contribution in [2.75, 3.05) is 119 Å². The maximum atomic E-state index is 11.1. The van der Waals surface area contributed by atoms with E-state index in [9.17, 15) is 9.59 Å². The quantitative estimate of drug-likeness (QED) is 0.0816. The van der Waals surface area contributed by atoms with Crippen LogP contribution in [0.4, 0.5) is 0 Å². The zero-order valence-electron chi connectivity index (χ0n) is 21.8. The lowest BCUT2D eigenvalue weighted by Gasteiger charge is -2.09. The monoisotopic (exact) mass is 524 g/mol. The van der Waals surface area contributed by atoms with Gasteiger partial charge in [0.15, 0.2) is 0 Å². The number of esters is 2. The summed E-state index contributed by atoms with van der Waals surface area (Å²) in [6.07, 6.45) is 0. The van der Waals surface area contributed by atoms with Crippen LogP contribution in [-0.4, -0.2) is 131 Å². The highest BCUT2D eigenvalue weighted by Gasteiger charge is 2.02. The van der Waals surface area contributed by atoms with Crippen molar-refractivity contribution in [3.05, 3.63) is 12.2 Å². The van der Waals surface area contributed by atoms with E-state index in [2.05, 4.69) is 6.58 Å². The molecule has 12 nitrogen and oxygen atoms in total. The molecule has 0 amide bonds. The minimum Gasteiger partial charge on any atom is -0.463 e. The van der Waals surface area contributed by atoms with Gasteiger partial charge in [-0.3, -0.25) is 4.79 Å². The van der Waals surface area contributed by atoms with Gasteiger partial charge >= 0.3 is 11.9 Å². The Morgan fingerprint density at radius 3 is 0.861 bits per heavy atom. The van der Waals surface area contributed by atoms with Crippen LogP contribution in [0.3, 0.4) is 0 Å². The molecule has 0 aliphatic rings. The van der Waals surface area contributed by atoms with Crippen LogP contribution in [0, 0.1) is 0 Å². The molecule has 0 saturated heterocycles. The minimum atomic E-state index is -0.415. The van der Waals surface area contributed by atoms with Crippen molar-refractivity contribution in [1.29, 1.82) is 0 Å². The molecule has 0 fully saturated rings. The van der Waals surface area contributed by atoms with Gasteiger partial charge in [-0.2, -0.15) is 0 Å². The third-order valence-corrected chi connectivity index (χ3v) is 3.95. The highest BCUT2D eigenvalue weighted by Crippen LogP contribution is 1.92. The summed E-state index contributed by atoms with van der Waals surface area (Å²) >= 11 is 0. The van der Waals surface area contributed by atoms with Crippen molar-refractivity contribution in [1.82, 2.24) is 0 Å². The number of carbonyl (C=O) groups excluding carboxylic acids is 2. The third-order valence-electron chi connectivity index (χ3n) is 3.95. The van der Waals surface area contributed by atoms with Crippen LogP contribution in [0.1, 0.15) is 13.8 Å². The molecule has 0 radical (unpaired) electrons. The third kappa shape index (κ3) is 28.6. The molecule has 0 unspecified atom stereocenters. The summed E-state index contributed by atoms with van der Waals surface area (Å²) in [6.45, 7) is 14.1. The van der Waals surface area contributed by atoms with Crippen molar-refractivity contribution < 1.29 is 57.0 Å². The Kier molecular flexibility index (Phi) is 26.7. The fourth-order valence-corrected chi connectivity index (χ4v) is 2.20. The van der Waals surface area contributed by atoms with E-state index in [1.807, 2.05) is 0 Å². The van der Waals surface area contributed by atoms with Gasteiger partial charge in [0, 0.05) is 12.5 Å².